The second-order valence-corrected chi connectivity index (χ2v) is 6.32. The van der Waals surface area contributed by atoms with Gasteiger partial charge in [0, 0.05) is 15.8 Å². The Morgan fingerprint density at radius 1 is 1.00 bits per heavy atom. The van der Waals surface area contributed by atoms with Crippen LogP contribution in [-0.2, 0) is 6.42 Å². The standard InChI is InChI=1S/C17H21NS/c1-12-4-7-16(8-5-12)19-17-9-6-13(2)10-15(17)11-14(3)18/h4-10,14H,11,18H2,1-3H3. The maximum Gasteiger partial charge on any atom is 0.0155 e. The van der Waals surface area contributed by atoms with Crippen LogP contribution in [-0.4, -0.2) is 6.04 Å². The molecule has 0 aliphatic carbocycles. The fourth-order valence-corrected chi connectivity index (χ4v) is 2.98. The maximum absolute atomic E-state index is 5.95. The Morgan fingerprint density at radius 2 is 1.63 bits per heavy atom. The van der Waals surface area contributed by atoms with E-state index in [2.05, 4.69) is 63.2 Å². The zero-order chi connectivity index (χ0) is 13.8. The second-order valence-electron chi connectivity index (χ2n) is 5.21. The van der Waals surface area contributed by atoms with Gasteiger partial charge in [0.1, 0.15) is 0 Å². The lowest BCUT2D eigenvalue weighted by atomic mass is 10.1. The van der Waals surface area contributed by atoms with E-state index in [0.717, 1.165) is 6.42 Å². The number of hydrogen-bond acceptors (Lipinski definition) is 2. The van der Waals surface area contributed by atoms with Gasteiger partial charge in [0.25, 0.3) is 0 Å². The molecule has 0 saturated carbocycles. The summed E-state index contributed by atoms with van der Waals surface area (Å²) in [5.74, 6) is 0. The van der Waals surface area contributed by atoms with Gasteiger partial charge in [0.2, 0.25) is 0 Å². The highest BCUT2D eigenvalue weighted by molar-refractivity contribution is 7.99. The van der Waals surface area contributed by atoms with Crippen LogP contribution in [0.25, 0.3) is 0 Å². The minimum absolute atomic E-state index is 0.194. The van der Waals surface area contributed by atoms with E-state index in [1.165, 1.54) is 26.5 Å². The van der Waals surface area contributed by atoms with Crippen molar-refractivity contribution in [2.75, 3.05) is 0 Å². The summed E-state index contributed by atoms with van der Waals surface area (Å²) in [4.78, 5) is 2.59. The molecule has 1 atom stereocenters. The van der Waals surface area contributed by atoms with Gasteiger partial charge in [-0.15, -0.1) is 0 Å². The highest BCUT2D eigenvalue weighted by Gasteiger charge is 2.07. The van der Waals surface area contributed by atoms with E-state index in [0.29, 0.717) is 0 Å². The molecule has 0 heterocycles. The molecule has 2 aromatic rings. The molecular weight excluding hydrogens is 250 g/mol. The molecule has 0 aromatic heterocycles. The van der Waals surface area contributed by atoms with Crippen LogP contribution in [0.15, 0.2) is 52.3 Å². The van der Waals surface area contributed by atoms with Gasteiger partial charge >= 0.3 is 0 Å². The average molecular weight is 271 g/mol. The molecule has 0 radical (unpaired) electrons. The van der Waals surface area contributed by atoms with Crippen molar-refractivity contribution in [3.63, 3.8) is 0 Å². The van der Waals surface area contributed by atoms with Crippen molar-refractivity contribution < 1.29 is 0 Å². The van der Waals surface area contributed by atoms with Crippen molar-refractivity contribution in [3.8, 4) is 0 Å². The Kier molecular flexibility index (Phi) is 4.67. The van der Waals surface area contributed by atoms with Crippen molar-refractivity contribution in [1.29, 1.82) is 0 Å². The van der Waals surface area contributed by atoms with Crippen LogP contribution in [0, 0.1) is 13.8 Å². The van der Waals surface area contributed by atoms with E-state index in [1.807, 2.05) is 11.8 Å². The first kappa shape index (κ1) is 14.2. The molecule has 2 aromatic carbocycles. The van der Waals surface area contributed by atoms with Crippen LogP contribution in [0.2, 0.25) is 0 Å². The second kappa shape index (κ2) is 6.27. The molecule has 0 saturated heterocycles. The predicted molar refractivity (Wildman–Crippen MR) is 83.8 cm³/mol. The molecule has 0 amide bonds. The Hall–Kier alpha value is -1.25. The third kappa shape index (κ3) is 4.12. The van der Waals surface area contributed by atoms with Gasteiger partial charge in [-0.05, 0) is 51.0 Å². The summed E-state index contributed by atoms with van der Waals surface area (Å²) in [6.45, 7) is 6.30. The van der Waals surface area contributed by atoms with E-state index in [-0.39, 0.29) is 6.04 Å². The van der Waals surface area contributed by atoms with Gasteiger partial charge in [0.05, 0.1) is 0 Å². The van der Waals surface area contributed by atoms with Crippen LogP contribution >= 0.6 is 11.8 Å². The number of benzene rings is 2. The molecule has 19 heavy (non-hydrogen) atoms. The Balaban J connectivity index is 2.26. The molecule has 0 aliphatic heterocycles. The molecular formula is C17H21NS. The quantitative estimate of drug-likeness (QED) is 0.895. The first-order valence-electron chi connectivity index (χ1n) is 6.64. The van der Waals surface area contributed by atoms with E-state index >= 15 is 0 Å². The number of rotatable bonds is 4. The lowest BCUT2D eigenvalue weighted by Crippen LogP contribution is -2.18. The third-order valence-electron chi connectivity index (χ3n) is 3.01. The zero-order valence-electron chi connectivity index (χ0n) is 11.8. The van der Waals surface area contributed by atoms with Crippen LogP contribution in [0.5, 0.6) is 0 Å². The van der Waals surface area contributed by atoms with Gasteiger partial charge in [-0.3, -0.25) is 0 Å². The molecule has 0 spiro atoms. The topological polar surface area (TPSA) is 26.0 Å². The number of hydrogen-bond donors (Lipinski definition) is 1. The van der Waals surface area contributed by atoms with Crippen molar-refractivity contribution in [3.05, 3.63) is 59.2 Å². The Labute approximate surface area is 120 Å². The fraction of sp³-hybridized carbons (Fsp3) is 0.294. The summed E-state index contributed by atoms with van der Waals surface area (Å²) in [5.41, 5.74) is 9.89. The lowest BCUT2D eigenvalue weighted by Gasteiger charge is -2.12. The van der Waals surface area contributed by atoms with E-state index in [4.69, 9.17) is 5.73 Å². The average Bonchev–Trinajstić information content (AvgIpc) is 2.34. The largest absolute Gasteiger partial charge is 0.328 e. The molecule has 1 nitrogen and oxygen atoms in total. The van der Waals surface area contributed by atoms with Crippen molar-refractivity contribution in [1.82, 2.24) is 0 Å². The molecule has 0 aliphatic rings. The monoisotopic (exact) mass is 271 g/mol. The van der Waals surface area contributed by atoms with Gasteiger partial charge in [-0.2, -0.15) is 0 Å². The van der Waals surface area contributed by atoms with Crippen LogP contribution in [0.3, 0.4) is 0 Å². The number of nitrogens with two attached hydrogens (primary N) is 1. The van der Waals surface area contributed by atoms with Crippen molar-refractivity contribution >= 4 is 11.8 Å². The minimum atomic E-state index is 0.194. The van der Waals surface area contributed by atoms with Crippen molar-refractivity contribution in [2.45, 2.75) is 43.0 Å². The first-order chi connectivity index (χ1) is 9.04. The predicted octanol–water partition coefficient (Wildman–Crippen LogP) is 4.34. The maximum atomic E-state index is 5.95. The van der Waals surface area contributed by atoms with E-state index < -0.39 is 0 Å². The highest BCUT2D eigenvalue weighted by atomic mass is 32.2. The summed E-state index contributed by atoms with van der Waals surface area (Å²) < 4.78 is 0. The van der Waals surface area contributed by atoms with Gasteiger partial charge in [-0.25, -0.2) is 0 Å². The molecule has 2 heteroatoms. The molecule has 2 rings (SSSR count). The SMILES string of the molecule is Cc1ccc(Sc2ccc(C)cc2CC(C)N)cc1. The first-order valence-corrected chi connectivity index (χ1v) is 7.46. The highest BCUT2D eigenvalue weighted by Crippen LogP contribution is 2.31. The lowest BCUT2D eigenvalue weighted by molar-refractivity contribution is 0.729. The minimum Gasteiger partial charge on any atom is -0.328 e. The van der Waals surface area contributed by atoms with E-state index in [9.17, 15) is 0 Å². The van der Waals surface area contributed by atoms with Crippen molar-refractivity contribution in [2.24, 2.45) is 5.73 Å². The summed E-state index contributed by atoms with van der Waals surface area (Å²) in [6.07, 6.45) is 0.926. The van der Waals surface area contributed by atoms with Gasteiger partial charge < -0.3 is 5.73 Å². The zero-order valence-corrected chi connectivity index (χ0v) is 12.6. The molecule has 0 fully saturated rings. The molecule has 1 unspecified atom stereocenters. The Bertz CT molecular complexity index is 544. The Morgan fingerprint density at radius 3 is 2.26 bits per heavy atom. The molecule has 0 bridgehead atoms. The molecule has 2 N–H and O–H groups in total. The summed E-state index contributed by atoms with van der Waals surface area (Å²) in [5, 5.41) is 0. The van der Waals surface area contributed by atoms with Crippen LogP contribution in [0.4, 0.5) is 0 Å². The molecule has 100 valence electrons. The van der Waals surface area contributed by atoms with Crippen LogP contribution in [0.1, 0.15) is 23.6 Å². The number of aryl methyl sites for hydroxylation is 2. The van der Waals surface area contributed by atoms with E-state index in [1.54, 1.807) is 0 Å². The van der Waals surface area contributed by atoms with Gasteiger partial charge in [0.15, 0.2) is 0 Å². The van der Waals surface area contributed by atoms with Crippen LogP contribution < -0.4 is 5.73 Å². The smallest absolute Gasteiger partial charge is 0.0155 e. The van der Waals surface area contributed by atoms with Gasteiger partial charge in [-0.1, -0.05) is 47.2 Å². The summed E-state index contributed by atoms with van der Waals surface area (Å²) in [7, 11) is 0. The normalized spacial score (nSPS) is 12.4. The fourth-order valence-electron chi connectivity index (χ4n) is 2.05. The summed E-state index contributed by atoms with van der Waals surface area (Å²) in [6, 6.07) is 15.5. The third-order valence-corrected chi connectivity index (χ3v) is 4.13. The summed E-state index contributed by atoms with van der Waals surface area (Å²) >= 11 is 1.82.